The maximum absolute atomic E-state index is 10.0. The van der Waals surface area contributed by atoms with Crippen LogP contribution in [0.3, 0.4) is 0 Å². The van der Waals surface area contributed by atoms with Crippen LogP contribution in [0, 0.1) is 0 Å². The molecule has 0 aliphatic rings. The van der Waals surface area contributed by atoms with Gasteiger partial charge >= 0.3 is 0 Å². The summed E-state index contributed by atoms with van der Waals surface area (Å²) in [5.74, 6) is 0. The van der Waals surface area contributed by atoms with Crippen LogP contribution in [0.5, 0.6) is 0 Å². The maximum Gasteiger partial charge on any atom is 0.0880 e. The summed E-state index contributed by atoms with van der Waals surface area (Å²) in [6.07, 6.45) is 3.45. The highest BCUT2D eigenvalue weighted by Gasteiger charge is 2.24. The van der Waals surface area contributed by atoms with Crippen LogP contribution >= 0.6 is 0 Å². The lowest BCUT2D eigenvalue weighted by Crippen LogP contribution is -2.34. The molecule has 0 heterocycles. The number of rotatable bonds is 8. The van der Waals surface area contributed by atoms with Crippen LogP contribution in [0.25, 0.3) is 0 Å². The van der Waals surface area contributed by atoms with E-state index in [4.69, 9.17) is 9.84 Å². The molecule has 0 aromatic heterocycles. The van der Waals surface area contributed by atoms with Crippen LogP contribution in [0.2, 0.25) is 0 Å². The number of ether oxygens (including phenoxy) is 1. The summed E-state index contributed by atoms with van der Waals surface area (Å²) < 4.78 is 5.15. The van der Waals surface area contributed by atoms with E-state index >= 15 is 0 Å². The van der Waals surface area contributed by atoms with Crippen molar-refractivity contribution < 1.29 is 14.9 Å². The monoisotopic (exact) mass is 190 g/mol. The van der Waals surface area contributed by atoms with Crippen molar-refractivity contribution in [1.82, 2.24) is 0 Å². The molecule has 0 aliphatic heterocycles. The van der Waals surface area contributed by atoms with Crippen LogP contribution in [0.1, 0.15) is 39.5 Å². The van der Waals surface area contributed by atoms with Crippen molar-refractivity contribution in [3.8, 4) is 0 Å². The zero-order valence-electron chi connectivity index (χ0n) is 8.75. The number of aliphatic hydroxyl groups excluding tert-OH is 1. The molecule has 0 saturated heterocycles. The van der Waals surface area contributed by atoms with Crippen LogP contribution in [0.15, 0.2) is 0 Å². The molecule has 0 saturated carbocycles. The Labute approximate surface area is 80.7 Å². The fourth-order valence-corrected chi connectivity index (χ4v) is 1.53. The molecular weight excluding hydrogens is 168 g/mol. The van der Waals surface area contributed by atoms with Crippen LogP contribution < -0.4 is 0 Å². The summed E-state index contributed by atoms with van der Waals surface area (Å²) >= 11 is 0. The quantitative estimate of drug-likeness (QED) is 0.568. The molecule has 0 radical (unpaired) electrons. The van der Waals surface area contributed by atoms with E-state index in [0.717, 1.165) is 25.7 Å². The highest BCUT2D eigenvalue weighted by atomic mass is 16.5. The standard InChI is InChI=1S/C10H22O3/c1-3-5-10(12,6-4-2)9-13-8-7-11/h11-12H,3-9H2,1-2H3. The first kappa shape index (κ1) is 12.9. The van der Waals surface area contributed by atoms with Gasteiger partial charge in [0.05, 0.1) is 25.4 Å². The number of hydrogen-bond acceptors (Lipinski definition) is 3. The maximum atomic E-state index is 10.0. The summed E-state index contributed by atoms with van der Waals surface area (Å²) in [6, 6.07) is 0. The molecule has 0 unspecified atom stereocenters. The molecular formula is C10H22O3. The summed E-state index contributed by atoms with van der Waals surface area (Å²) in [5.41, 5.74) is -0.682. The number of aliphatic hydroxyl groups is 2. The zero-order chi connectivity index (χ0) is 10.2. The smallest absolute Gasteiger partial charge is 0.0880 e. The minimum Gasteiger partial charge on any atom is -0.394 e. The van der Waals surface area contributed by atoms with Crippen LogP contribution in [-0.2, 0) is 4.74 Å². The van der Waals surface area contributed by atoms with Gasteiger partial charge in [0.25, 0.3) is 0 Å². The topological polar surface area (TPSA) is 49.7 Å². The summed E-state index contributed by atoms with van der Waals surface area (Å²) in [4.78, 5) is 0. The van der Waals surface area contributed by atoms with E-state index in [-0.39, 0.29) is 6.61 Å². The van der Waals surface area contributed by atoms with E-state index in [1.165, 1.54) is 0 Å². The van der Waals surface area contributed by atoms with Crippen molar-refractivity contribution in [2.45, 2.75) is 45.1 Å². The van der Waals surface area contributed by atoms with Crippen LogP contribution in [0.4, 0.5) is 0 Å². The second-order valence-corrected chi connectivity index (χ2v) is 3.50. The Bertz CT molecular complexity index is 109. The first-order valence-electron chi connectivity index (χ1n) is 5.09. The molecule has 0 spiro atoms. The molecule has 0 amide bonds. The molecule has 0 aromatic rings. The van der Waals surface area contributed by atoms with Gasteiger partial charge in [-0.1, -0.05) is 26.7 Å². The van der Waals surface area contributed by atoms with Crippen molar-refractivity contribution in [1.29, 1.82) is 0 Å². The average molecular weight is 190 g/mol. The SMILES string of the molecule is CCCC(O)(CCC)COCCO. The zero-order valence-corrected chi connectivity index (χ0v) is 8.75. The van der Waals surface area contributed by atoms with Crippen LogP contribution in [-0.4, -0.2) is 35.6 Å². The van der Waals surface area contributed by atoms with Gasteiger partial charge in [-0.05, 0) is 12.8 Å². The second-order valence-electron chi connectivity index (χ2n) is 3.50. The first-order valence-corrected chi connectivity index (χ1v) is 5.09. The Morgan fingerprint density at radius 1 is 1.15 bits per heavy atom. The van der Waals surface area contributed by atoms with Crippen molar-refractivity contribution >= 4 is 0 Å². The fourth-order valence-electron chi connectivity index (χ4n) is 1.53. The first-order chi connectivity index (χ1) is 6.18. The Morgan fingerprint density at radius 3 is 2.08 bits per heavy atom. The molecule has 0 aromatic carbocycles. The summed E-state index contributed by atoms with van der Waals surface area (Å²) in [7, 11) is 0. The van der Waals surface area contributed by atoms with E-state index in [1.54, 1.807) is 0 Å². The molecule has 2 N–H and O–H groups in total. The van der Waals surface area contributed by atoms with Gasteiger partial charge in [0.15, 0.2) is 0 Å². The third kappa shape index (κ3) is 6.02. The van der Waals surface area contributed by atoms with E-state index in [9.17, 15) is 5.11 Å². The molecule has 0 fully saturated rings. The molecule has 0 bridgehead atoms. The van der Waals surface area contributed by atoms with Gasteiger partial charge in [-0.3, -0.25) is 0 Å². The Balaban J connectivity index is 3.76. The van der Waals surface area contributed by atoms with Gasteiger partial charge in [0, 0.05) is 0 Å². The molecule has 13 heavy (non-hydrogen) atoms. The van der Waals surface area contributed by atoms with E-state index in [1.807, 2.05) is 13.8 Å². The molecule has 0 atom stereocenters. The summed E-state index contributed by atoms with van der Waals surface area (Å²) in [5, 5.41) is 18.5. The average Bonchev–Trinajstić information content (AvgIpc) is 2.05. The Morgan fingerprint density at radius 2 is 1.69 bits per heavy atom. The lowest BCUT2D eigenvalue weighted by molar-refractivity contribution is -0.0631. The Hall–Kier alpha value is -0.120. The molecule has 0 rings (SSSR count). The van der Waals surface area contributed by atoms with Crippen molar-refractivity contribution in [3.05, 3.63) is 0 Å². The van der Waals surface area contributed by atoms with Gasteiger partial charge in [-0.15, -0.1) is 0 Å². The molecule has 80 valence electrons. The van der Waals surface area contributed by atoms with Gasteiger partial charge in [-0.25, -0.2) is 0 Å². The number of hydrogen-bond donors (Lipinski definition) is 2. The lowest BCUT2D eigenvalue weighted by atomic mass is 9.94. The van der Waals surface area contributed by atoms with Crippen molar-refractivity contribution in [2.24, 2.45) is 0 Å². The normalized spacial score (nSPS) is 12.0. The molecule has 3 heteroatoms. The highest BCUT2D eigenvalue weighted by molar-refractivity contribution is 4.76. The van der Waals surface area contributed by atoms with E-state index in [2.05, 4.69) is 0 Å². The third-order valence-corrected chi connectivity index (χ3v) is 2.04. The van der Waals surface area contributed by atoms with Gasteiger partial charge in [0.1, 0.15) is 0 Å². The minimum absolute atomic E-state index is 0.0222. The van der Waals surface area contributed by atoms with E-state index < -0.39 is 5.60 Å². The van der Waals surface area contributed by atoms with Gasteiger partial charge in [-0.2, -0.15) is 0 Å². The predicted molar refractivity (Wildman–Crippen MR) is 52.7 cm³/mol. The summed E-state index contributed by atoms with van der Waals surface area (Å²) in [6.45, 7) is 4.78. The minimum atomic E-state index is -0.682. The third-order valence-electron chi connectivity index (χ3n) is 2.04. The Kier molecular flexibility index (Phi) is 7.23. The highest BCUT2D eigenvalue weighted by Crippen LogP contribution is 2.19. The van der Waals surface area contributed by atoms with E-state index in [0.29, 0.717) is 13.2 Å². The second kappa shape index (κ2) is 7.30. The van der Waals surface area contributed by atoms with Crippen molar-refractivity contribution in [2.75, 3.05) is 19.8 Å². The fraction of sp³-hybridized carbons (Fsp3) is 1.00. The van der Waals surface area contributed by atoms with Gasteiger partial charge in [0.2, 0.25) is 0 Å². The van der Waals surface area contributed by atoms with Gasteiger partial charge < -0.3 is 14.9 Å². The molecule has 3 nitrogen and oxygen atoms in total. The molecule has 0 aliphatic carbocycles. The van der Waals surface area contributed by atoms with Crippen molar-refractivity contribution in [3.63, 3.8) is 0 Å². The largest absolute Gasteiger partial charge is 0.394 e. The predicted octanol–water partition coefficient (Wildman–Crippen LogP) is 1.33. The lowest BCUT2D eigenvalue weighted by Gasteiger charge is -2.27.